The van der Waals surface area contributed by atoms with E-state index in [1.54, 1.807) is 63.8 Å². The van der Waals surface area contributed by atoms with Crippen LogP contribution in [0.25, 0.3) is 98.7 Å². The lowest BCUT2D eigenvalue weighted by Crippen LogP contribution is -1.99. The van der Waals surface area contributed by atoms with Crippen molar-refractivity contribution >= 4 is 176 Å². The van der Waals surface area contributed by atoms with Crippen molar-refractivity contribution in [2.75, 3.05) is 39.9 Å². The molecule has 0 saturated carbocycles. The first kappa shape index (κ1) is 75.0. The van der Waals surface area contributed by atoms with Gasteiger partial charge in [0.05, 0.1) is 84.0 Å². The fraction of sp³-hybridized carbons (Fsp3) is 0.127. The van der Waals surface area contributed by atoms with E-state index in [2.05, 4.69) is 39.1 Å². The lowest BCUT2D eigenvalue weighted by Gasteiger charge is -2.18. The van der Waals surface area contributed by atoms with Gasteiger partial charge in [-0.2, -0.15) is 0 Å². The zero-order valence-corrected chi connectivity index (χ0v) is 61.5. The number of hydrogen-bond donors (Lipinski definition) is 2. The van der Waals surface area contributed by atoms with Gasteiger partial charge in [-0.1, -0.05) is 217 Å². The van der Waals surface area contributed by atoms with Crippen LogP contribution < -0.4 is 30.4 Å². The maximum absolute atomic E-state index is 12.1. The van der Waals surface area contributed by atoms with Gasteiger partial charge in [0.15, 0.2) is 5.78 Å². The van der Waals surface area contributed by atoms with Crippen molar-refractivity contribution in [3.8, 4) is 67.5 Å². The summed E-state index contributed by atoms with van der Waals surface area (Å²) in [5, 5.41) is 32.6. The Morgan fingerprint density at radius 2 is 0.630 bits per heavy atom. The number of Topliss-reactive ketones (excluding diaryl/α,β-unsaturated/α-hetero) is 1. The molecule has 0 unspecified atom stereocenters. The summed E-state index contributed by atoms with van der Waals surface area (Å²) >= 11 is 51.0. The molecule has 0 aliphatic carbocycles. The number of benzene rings is 12. The number of nitro benzene ring substituents is 2. The van der Waals surface area contributed by atoms with Crippen LogP contribution in [0.4, 0.5) is 22.7 Å². The number of ketones is 1. The van der Waals surface area contributed by atoms with Crippen molar-refractivity contribution in [3.63, 3.8) is 0 Å². The van der Waals surface area contributed by atoms with Crippen molar-refractivity contribution in [1.29, 1.82) is 0 Å². The van der Waals surface area contributed by atoms with E-state index >= 15 is 0 Å². The summed E-state index contributed by atoms with van der Waals surface area (Å²) in [4.78, 5) is 33.1. The first-order valence-electron chi connectivity index (χ1n) is 30.6. The van der Waals surface area contributed by atoms with Crippen LogP contribution in [0.3, 0.4) is 0 Å². The number of anilines is 2. The SMILES string of the molecule is C=C(C)c1c(OC)ccc2c(-c3c(Cl)cc(N)cc3Cl)cccc12.C=C(C)c1c(OC)ccc2c(-c3c(Cl)cc([N+](=O)[O-])cc3Cl)cccc12.COc1ccc2c(-c3c(Cl)cc(N)cc3Cl)cccc2c1C(C)C.COc1ccc2c(-c3c(Cl)cc([N+](=O)[O-])cc3Cl)cccc2c1C(C)=O. The number of non-ortho nitro benzene ring substituents is 2. The van der Waals surface area contributed by atoms with E-state index in [1.807, 2.05) is 105 Å². The van der Waals surface area contributed by atoms with Gasteiger partial charge in [-0.25, -0.2) is 0 Å². The molecule has 0 aliphatic heterocycles. The standard InChI is InChI=1S/C20H15Cl2NO3.C20H19Cl2NO.C20H17Cl2NO.C19H13Cl2NO4/c1-11(2)19-14-5-4-6-15(13(14)7-8-18(19)26-3)20-16(21)9-12(23(24)25)10-17(20)22;2*1-11(2)19-14-5-4-6-15(13(14)7-8-18(19)24-3)20-16(21)9-12(23)10-17(20)22;1-10(23)18-13-4-3-5-14(12(13)6-7-17(18)26-2)19-15(20)8-11(22(24)25)9-16(19)21/h4-10H,1H2,2-3H3;4-11H,23H2,1-3H3;4-10H,1,23H2,2-3H3;3-9H,1-2H3. The third-order valence-electron chi connectivity index (χ3n) is 16.5. The fourth-order valence-electron chi connectivity index (χ4n) is 12.3. The molecule has 12 rings (SSSR count). The highest BCUT2D eigenvalue weighted by Crippen LogP contribution is 2.48. The Balaban J connectivity index is 0.000000156. The molecule has 4 N–H and O–H groups in total. The Kier molecular flexibility index (Phi) is 23.9. The van der Waals surface area contributed by atoms with Crippen molar-refractivity contribution in [2.24, 2.45) is 0 Å². The number of nitrogens with two attached hydrogens (primary N) is 2. The third-order valence-corrected chi connectivity index (χ3v) is 18.9. The van der Waals surface area contributed by atoms with Gasteiger partial charge in [-0.15, -0.1) is 0 Å². The van der Waals surface area contributed by atoms with Gasteiger partial charge in [-0.3, -0.25) is 25.0 Å². The van der Waals surface area contributed by atoms with Gasteiger partial charge in [0.1, 0.15) is 23.0 Å². The maximum atomic E-state index is 12.1. The maximum Gasteiger partial charge on any atom is 0.272 e. The van der Waals surface area contributed by atoms with Gasteiger partial charge in [0.2, 0.25) is 0 Å². The van der Waals surface area contributed by atoms with Crippen LogP contribution in [0.5, 0.6) is 23.0 Å². The number of carbonyl (C=O) groups excluding carboxylic acids is 1. The smallest absolute Gasteiger partial charge is 0.272 e. The van der Waals surface area contributed by atoms with E-state index in [0.29, 0.717) is 70.8 Å². The van der Waals surface area contributed by atoms with E-state index in [0.717, 1.165) is 105 Å². The van der Waals surface area contributed by atoms with Gasteiger partial charge >= 0.3 is 0 Å². The van der Waals surface area contributed by atoms with Crippen LogP contribution in [0.1, 0.15) is 67.6 Å². The quantitative estimate of drug-likeness (QED) is 0.0455. The summed E-state index contributed by atoms with van der Waals surface area (Å²) in [6, 6.07) is 50.6. The zero-order valence-electron chi connectivity index (χ0n) is 55.4. The third kappa shape index (κ3) is 15.4. The zero-order chi connectivity index (χ0) is 72.9. The van der Waals surface area contributed by atoms with Gasteiger partial charge in [-0.05, 0) is 152 Å². The Hall–Kier alpha value is -9.25. The largest absolute Gasteiger partial charge is 0.496 e. The number of ether oxygens (including phenoxy) is 4. The first-order chi connectivity index (χ1) is 47.6. The summed E-state index contributed by atoms with van der Waals surface area (Å²) < 4.78 is 21.8. The molecule has 0 bridgehead atoms. The number of methoxy groups -OCH3 is 4. The highest BCUT2D eigenvalue weighted by Gasteiger charge is 2.24. The number of nitrogen functional groups attached to an aromatic ring is 2. The van der Waals surface area contributed by atoms with Crippen molar-refractivity contribution in [3.05, 3.63) is 266 Å². The fourth-order valence-corrected chi connectivity index (χ4v) is 15.1. The summed E-state index contributed by atoms with van der Waals surface area (Å²) in [5.41, 5.74) is 23.8. The van der Waals surface area contributed by atoms with Crippen LogP contribution in [0.15, 0.2) is 183 Å². The molecule has 0 fully saturated rings. The van der Waals surface area contributed by atoms with Crippen LogP contribution in [0, 0.1) is 20.2 Å². The van der Waals surface area contributed by atoms with Gasteiger partial charge < -0.3 is 30.4 Å². The number of nitro groups is 2. The monoisotopic (exact) mass is 1490 g/mol. The van der Waals surface area contributed by atoms with Crippen molar-refractivity contribution in [1.82, 2.24) is 0 Å². The number of hydrogen-bond acceptors (Lipinski definition) is 11. The molecule has 100 heavy (non-hydrogen) atoms. The Morgan fingerprint density at radius 3 is 0.890 bits per heavy atom. The molecule has 510 valence electrons. The molecule has 0 amide bonds. The molecular formula is C79H64Cl8N4O9. The van der Waals surface area contributed by atoms with E-state index in [1.165, 1.54) is 43.9 Å². The molecule has 0 radical (unpaired) electrons. The molecule has 0 heterocycles. The predicted octanol–water partition coefficient (Wildman–Crippen LogP) is 25.7. The Labute approximate surface area is 618 Å². The number of halogens is 8. The minimum atomic E-state index is -0.552. The van der Waals surface area contributed by atoms with E-state index in [-0.39, 0.29) is 37.2 Å². The summed E-state index contributed by atoms with van der Waals surface area (Å²) in [5.74, 6) is 3.08. The Bertz CT molecular complexity index is 5050. The molecule has 12 aromatic carbocycles. The second-order valence-electron chi connectivity index (χ2n) is 23.3. The number of allylic oxidation sites excluding steroid dienone is 2. The van der Waals surface area contributed by atoms with E-state index < -0.39 is 9.85 Å². The normalized spacial score (nSPS) is 10.9. The Morgan fingerprint density at radius 1 is 0.380 bits per heavy atom. The molecule has 0 saturated heterocycles. The number of rotatable bonds is 14. The minimum Gasteiger partial charge on any atom is -0.496 e. The summed E-state index contributed by atoms with van der Waals surface area (Å²) in [7, 11) is 6.47. The van der Waals surface area contributed by atoms with Crippen molar-refractivity contribution in [2.45, 2.75) is 40.5 Å². The minimum absolute atomic E-state index is 0.134. The average molecular weight is 1500 g/mol. The summed E-state index contributed by atoms with van der Waals surface area (Å²) in [6.45, 7) is 17.8. The van der Waals surface area contributed by atoms with Gasteiger partial charge in [0.25, 0.3) is 11.4 Å². The number of carbonyl (C=O) groups is 1. The second kappa shape index (κ2) is 31.9. The van der Waals surface area contributed by atoms with Crippen LogP contribution in [-0.4, -0.2) is 44.1 Å². The lowest BCUT2D eigenvalue weighted by molar-refractivity contribution is -0.385. The first-order valence-corrected chi connectivity index (χ1v) is 33.6. The second-order valence-corrected chi connectivity index (χ2v) is 26.5. The molecule has 0 spiro atoms. The van der Waals surface area contributed by atoms with Crippen molar-refractivity contribution < 1.29 is 33.6 Å². The van der Waals surface area contributed by atoms with Gasteiger partial charge in [0, 0.05) is 74.6 Å². The predicted molar refractivity (Wildman–Crippen MR) is 419 cm³/mol. The topological polar surface area (TPSA) is 192 Å². The van der Waals surface area contributed by atoms with Crippen LogP contribution in [-0.2, 0) is 0 Å². The average Bonchev–Trinajstić information content (AvgIpc) is 0.780. The van der Waals surface area contributed by atoms with E-state index in [9.17, 15) is 25.0 Å². The molecule has 21 heteroatoms. The molecular weight excluding hydrogens is 1430 g/mol. The number of fused-ring (bicyclic) bond motifs is 4. The highest BCUT2D eigenvalue weighted by atomic mass is 35.5. The number of nitrogens with zero attached hydrogens (tertiary/aromatic N) is 2. The summed E-state index contributed by atoms with van der Waals surface area (Å²) in [6.07, 6.45) is 0. The lowest BCUT2D eigenvalue weighted by atomic mass is 9.90. The van der Waals surface area contributed by atoms with E-state index in [4.69, 9.17) is 123 Å². The van der Waals surface area contributed by atoms with Crippen LogP contribution >= 0.6 is 92.8 Å². The molecule has 0 atom stereocenters. The van der Waals surface area contributed by atoms with Crippen LogP contribution in [0.2, 0.25) is 40.2 Å². The molecule has 12 aromatic rings. The molecule has 0 aliphatic rings. The molecule has 13 nitrogen and oxygen atoms in total. The highest BCUT2D eigenvalue weighted by molar-refractivity contribution is 6.43. The molecule has 0 aromatic heterocycles.